The normalized spacial score (nSPS) is 16.6. The van der Waals surface area contributed by atoms with Gasteiger partial charge < -0.3 is 14.4 Å². The fourth-order valence-electron chi connectivity index (χ4n) is 3.88. The molecule has 1 aliphatic rings. The molecule has 3 heterocycles. The maximum absolute atomic E-state index is 11.0. The SMILES string of the molecule is CCc1cnc2c(C#N)c(N3CCC(O)(c4ccccc4)CC3)ccn12. The molecule has 3 aromatic rings. The number of imidazole rings is 1. The Hall–Kier alpha value is -2.84. The fraction of sp³-hybridized carbons (Fsp3) is 0.333. The van der Waals surface area contributed by atoms with Gasteiger partial charge in [-0.05, 0) is 30.9 Å². The summed E-state index contributed by atoms with van der Waals surface area (Å²) in [4.78, 5) is 6.65. The summed E-state index contributed by atoms with van der Waals surface area (Å²) in [5, 5.41) is 20.8. The minimum Gasteiger partial charge on any atom is -0.385 e. The van der Waals surface area contributed by atoms with Crippen LogP contribution in [-0.2, 0) is 12.0 Å². The van der Waals surface area contributed by atoms with Gasteiger partial charge in [-0.15, -0.1) is 0 Å². The van der Waals surface area contributed by atoms with Crippen LogP contribution in [0.3, 0.4) is 0 Å². The smallest absolute Gasteiger partial charge is 0.157 e. The van der Waals surface area contributed by atoms with Crippen molar-refractivity contribution in [2.75, 3.05) is 18.0 Å². The van der Waals surface area contributed by atoms with E-state index in [2.05, 4.69) is 22.9 Å². The molecule has 0 radical (unpaired) electrons. The molecule has 5 heteroatoms. The first-order valence-electron chi connectivity index (χ1n) is 9.08. The van der Waals surface area contributed by atoms with Crippen LogP contribution in [0.15, 0.2) is 48.8 Å². The Bertz CT molecular complexity index is 963. The van der Waals surface area contributed by atoms with Gasteiger partial charge in [0.15, 0.2) is 5.65 Å². The molecule has 1 aliphatic heterocycles. The number of aryl methyl sites for hydroxylation is 1. The number of fused-ring (bicyclic) bond motifs is 1. The van der Waals surface area contributed by atoms with Gasteiger partial charge in [0.2, 0.25) is 0 Å². The third kappa shape index (κ3) is 2.63. The number of hydrogen-bond acceptors (Lipinski definition) is 4. The van der Waals surface area contributed by atoms with Gasteiger partial charge in [-0.1, -0.05) is 37.3 Å². The van der Waals surface area contributed by atoms with Gasteiger partial charge in [0.05, 0.1) is 11.3 Å². The van der Waals surface area contributed by atoms with Crippen molar-refractivity contribution in [1.82, 2.24) is 9.38 Å². The molecule has 0 bridgehead atoms. The van der Waals surface area contributed by atoms with Crippen molar-refractivity contribution in [2.45, 2.75) is 31.8 Å². The van der Waals surface area contributed by atoms with Crippen LogP contribution in [0.1, 0.15) is 36.6 Å². The van der Waals surface area contributed by atoms with Gasteiger partial charge in [-0.25, -0.2) is 4.98 Å². The molecular formula is C21H22N4O. The molecular weight excluding hydrogens is 324 g/mol. The highest BCUT2D eigenvalue weighted by Gasteiger charge is 2.34. The summed E-state index contributed by atoms with van der Waals surface area (Å²) in [6, 6.07) is 14.2. The summed E-state index contributed by atoms with van der Waals surface area (Å²) in [5.41, 5.74) is 3.50. The van der Waals surface area contributed by atoms with Crippen molar-refractivity contribution >= 4 is 11.3 Å². The van der Waals surface area contributed by atoms with Crippen molar-refractivity contribution in [3.63, 3.8) is 0 Å². The number of aliphatic hydroxyl groups is 1. The summed E-state index contributed by atoms with van der Waals surface area (Å²) in [6.07, 6.45) is 5.99. The second-order valence-corrected chi connectivity index (χ2v) is 6.87. The molecule has 1 saturated heterocycles. The molecule has 0 saturated carbocycles. The molecule has 0 aliphatic carbocycles. The Labute approximate surface area is 153 Å². The van der Waals surface area contributed by atoms with E-state index in [0.29, 0.717) is 37.1 Å². The maximum atomic E-state index is 11.0. The topological polar surface area (TPSA) is 64.6 Å². The third-order valence-corrected chi connectivity index (χ3v) is 5.45. The van der Waals surface area contributed by atoms with Gasteiger partial charge in [0.25, 0.3) is 0 Å². The van der Waals surface area contributed by atoms with E-state index in [0.717, 1.165) is 23.4 Å². The fourth-order valence-corrected chi connectivity index (χ4v) is 3.88. The van der Waals surface area contributed by atoms with E-state index in [1.165, 1.54) is 0 Å². The Balaban J connectivity index is 1.63. The minimum absolute atomic E-state index is 0.609. The van der Waals surface area contributed by atoms with Gasteiger partial charge in [0, 0.05) is 31.2 Å². The quantitative estimate of drug-likeness (QED) is 0.791. The van der Waals surface area contributed by atoms with Gasteiger partial charge in [-0.2, -0.15) is 5.26 Å². The van der Waals surface area contributed by atoms with Crippen LogP contribution in [0.2, 0.25) is 0 Å². The van der Waals surface area contributed by atoms with Crippen LogP contribution in [0.25, 0.3) is 5.65 Å². The number of rotatable bonds is 3. The van der Waals surface area contributed by atoms with Crippen molar-refractivity contribution in [3.8, 4) is 6.07 Å². The third-order valence-electron chi connectivity index (χ3n) is 5.45. The first-order valence-corrected chi connectivity index (χ1v) is 9.08. The van der Waals surface area contributed by atoms with E-state index >= 15 is 0 Å². The Kier molecular flexibility index (Phi) is 4.14. The number of hydrogen-bond donors (Lipinski definition) is 1. The molecule has 0 atom stereocenters. The van der Waals surface area contributed by atoms with E-state index in [1.54, 1.807) is 0 Å². The number of pyridine rings is 1. The van der Waals surface area contributed by atoms with E-state index < -0.39 is 5.60 Å². The lowest BCUT2D eigenvalue weighted by atomic mass is 9.84. The average molecular weight is 346 g/mol. The second kappa shape index (κ2) is 6.47. The standard InChI is InChI=1S/C21H22N4O/c1-2-17-15-23-20-18(14-22)19(8-11-25(17)20)24-12-9-21(26,10-13-24)16-6-4-3-5-7-16/h3-8,11,15,26H,2,9-10,12-13H2,1H3. The van der Waals surface area contributed by atoms with Crippen molar-refractivity contribution in [1.29, 1.82) is 5.26 Å². The van der Waals surface area contributed by atoms with Crippen LogP contribution in [0.4, 0.5) is 5.69 Å². The van der Waals surface area contributed by atoms with E-state index in [4.69, 9.17) is 0 Å². The molecule has 26 heavy (non-hydrogen) atoms. The van der Waals surface area contributed by atoms with Gasteiger partial charge in [0.1, 0.15) is 11.6 Å². The van der Waals surface area contributed by atoms with Crippen molar-refractivity contribution in [2.24, 2.45) is 0 Å². The number of piperidine rings is 1. The molecule has 0 unspecified atom stereocenters. The van der Waals surface area contributed by atoms with Crippen LogP contribution in [0, 0.1) is 11.3 Å². The zero-order valence-electron chi connectivity index (χ0n) is 14.9. The first kappa shape index (κ1) is 16.6. The van der Waals surface area contributed by atoms with Crippen LogP contribution in [-0.4, -0.2) is 27.6 Å². The highest BCUT2D eigenvalue weighted by Crippen LogP contribution is 2.35. The predicted molar refractivity (Wildman–Crippen MR) is 101 cm³/mol. The molecule has 132 valence electrons. The van der Waals surface area contributed by atoms with Gasteiger partial charge in [-0.3, -0.25) is 0 Å². The van der Waals surface area contributed by atoms with E-state index in [-0.39, 0.29) is 0 Å². The molecule has 2 aromatic heterocycles. The zero-order chi connectivity index (χ0) is 18.1. The molecule has 0 amide bonds. The minimum atomic E-state index is -0.794. The van der Waals surface area contributed by atoms with Gasteiger partial charge >= 0.3 is 0 Å². The van der Waals surface area contributed by atoms with Crippen LogP contribution >= 0.6 is 0 Å². The zero-order valence-corrected chi connectivity index (χ0v) is 14.9. The van der Waals surface area contributed by atoms with Crippen LogP contribution in [0.5, 0.6) is 0 Å². The Morgan fingerprint density at radius 1 is 1.19 bits per heavy atom. The van der Waals surface area contributed by atoms with Crippen LogP contribution < -0.4 is 4.90 Å². The summed E-state index contributed by atoms with van der Waals surface area (Å²) >= 11 is 0. The Morgan fingerprint density at radius 3 is 2.58 bits per heavy atom. The van der Waals surface area contributed by atoms with Crippen molar-refractivity contribution < 1.29 is 5.11 Å². The highest BCUT2D eigenvalue weighted by molar-refractivity contribution is 5.71. The lowest BCUT2D eigenvalue weighted by molar-refractivity contribution is 0.0118. The monoisotopic (exact) mass is 346 g/mol. The summed E-state index contributed by atoms with van der Waals surface area (Å²) < 4.78 is 1.99. The first-order chi connectivity index (χ1) is 12.7. The molecule has 5 nitrogen and oxygen atoms in total. The molecule has 0 spiro atoms. The number of benzene rings is 1. The number of aromatic nitrogens is 2. The average Bonchev–Trinajstić information content (AvgIpc) is 3.12. The maximum Gasteiger partial charge on any atom is 0.157 e. The number of nitrogens with zero attached hydrogens (tertiary/aromatic N) is 4. The largest absolute Gasteiger partial charge is 0.385 e. The predicted octanol–water partition coefficient (Wildman–Crippen LogP) is 3.26. The highest BCUT2D eigenvalue weighted by atomic mass is 16.3. The molecule has 1 aromatic carbocycles. The lowest BCUT2D eigenvalue weighted by Crippen LogP contribution is -2.43. The second-order valence-electron chi connectivity index (χ2n) is 6.87. The van der Waals surface area contributed by atoms with E-state index in [9.17, 15) is 10.4 Å². The summed E-state index contributed by atoms with van der Waals surface area (Å²) in [7, 11) is 0. The van der Waals surface area contributed by atoms with E-state index in [1.807, 2.05) is 53.2 Å². The molecule has 4 rings (SSSR count). The Morgan fingerprint density at radius 2 is 1.92 bits per heavy atom. The molecule has 1 N–H and O–H groups in total. The lowest BCUT2D eigenvalue weighted by Gasteiger charge is -2.40. The molecule has 1 fully saturated rings. The number of anilines is 1. The van der Waals surface area contributed by atoms with Crippen molar-refractivity contribution in [3.05, 3.63) is 65.6 Å². The number of nitriles is 1. The summed E-state index contributed by atoms with van der Waals surface area (Å²) in [5.74, 6) is 0. The summed E-state index contributed by atoms with van der Waals surface area (Å²) in [6.45, 7) is 3.49.